The zero-order valence-corrected chi connectivity index (χ0v) is 11.7. The Morgan fingerprint density at radius 2 is 1.85 bits per heavy atom. The number of anilines is 3. The maximum absolute atomic E-state index is 11.9. The molecule has 0 heterocycles. The Bertz CT molecular complexity index is 606. The number of aryl methyl sites for hydroxylation is 1. The zero-order chi connectivity index (χ0) is 14.5. The quantitative estimate of drug-likeness (QED) is 0.748. The maximum atomic E-state index is 11.9. The molecule has 104 valence electrons. The summed E-state index contributed by atoms with van der Waals surface area (Å²) in [7, 11) is 1.60. The maximum Gasteiger partial charge on any atom is 0.253 e. The molecule has 2 aromatic rings. The summed E-state index contributed by atoms with van der Waals surface area (Å²) in [6, 6.07) is 13.4. The normalized spacial score (nSPS) is 10.1. The summed E-state index contributed by atoms with van der Waals surface area (Å²) in [6.07, 6.45) is 1.01. The van der Waals surface area contributed by atoms with Crippen LogP contribution < -0.4 is 16.4 Å². The van der Waals surface area contributed by atoms with E-state index in [1.54, 1.807) is 19.2 Å². The van der Waals surface area contributed by atoms with Crippen LogP contribution in [0.25, 0.3) is 0 Å². The van der Waals surface area contributed by atoms with Gasteiger partial charge in [-0.2, -0.15) is 0 Å². The van der Waals surface area contributed by atoms with Gasteiger partial charge in [0.05, 0.1) is 11.3 Å². The van der Waals surface area contributed by atoms with E-state index in [4.69, 9.17) is 5.73 Å². The number of hydrogen-bond acceptors (Lipinski definition) is 3. The van der Waals surface area contributed by atoms with E-state index in [-0.39, 0.29) is 5.91 Å². The molecule has 4 heteroatoms. The van der Waals surface area contributed by atoms with Crippen LogP contribution in [0.15, 0.2) is 42.5 Å². The van der Waals surface area contributed by atoms with Crippen molar-refractivity contribution in [3.05, 3.63) is 53.6 Å². The Morgan fingerprint density at radius 3 is 2.45 bits per heavy atom. The third-order valence-corrected chi connectivity index (χ3v) is 3.16. The van der Waals surface area contributed by atoms with Crippen molar-refractivity contribution in [1.82, 2.24) is 5.32 Å². The minimum Gasteiger partial charge on any atom is -0.399 e. The SMILES string of the molecule is CCc1ccc(Nc2ccc(N)cc2C(=O)NC)cc1. The van der Waals surface area contributed by atoms with Gasteiger partial charge in [-0.3, -0.25) is 4.79 Å². The van der Waals surface area contributed by atoms with Gasteiger partial charge in [-0.15, -0.1) is 0 Å². The summed E-state index contributed by atoms with van der Waals surface area (Å²) in [5.41, 5.74) is 9.80. The summed E-state index contributed by atoms with van der Waals surface area (Å²) in [4.78, 5) is 11.9. The molecule has 0 unspecified atom stereocenters. The van der Waals surface area contributed by atoms with E-state index < -0.39 is 0 Å². The van der Waals surface area contributed by atoms with Gasteiger partial charge in [0.15, 0.2) is 0 Å². The summed E-state index contributed by atoms with van der Waals surface area (Å²) < 4.78 is 0. The molecule has 2 rings (SSSR count). The van der Waals surface area contributed by atoms with Crippen molar-refractivity contribution in [2.75, 3.05) is 18.1 Å². The Kier molecular flexibility index (Phi) is 4.25. The first-order chi connectivity index (χ1) is 9.63. The van der Waals surface area contributed by atoms with Crippen molar-refractivity contribution < 1.29 is 4.79 Å². The molecular weight excluding hydrogens is 250 g/mol. The topological polar surface area (TPSA) is 67.1 Å². The number of carbonyl (C=O) groups excluding carboxylic acids is 1. The number of hydrogen-bond donors (Lipinski definition) is 3. The molecule has 0 spiro atoms. The molecule has 0 aliphatic rings. The van der Waals surface area contributed by atoms with Crippen LogP contribution in [-0.2, 0) is 6.42 Å². The minimum absolute atomic E-state index is 0.162. The second kappa shape index (κ2) is 6.10. The van der Waals surface area contributed by atoms with Gasteiger partial charge in [-0.25, -0.2) is 0 Å². The van der Waals surface area contributed by atoms with Crippen LogP contribution in [0.4, 0.5) is 17.1 Å². The molecule has 0 fully saturated rings. The predicted octanol–water partition coefficient (Wildman–Crippen LogP) is 2.93. The van der Waals surface area contributed by atoms with Gasteiger partial charge in [0.2, 0.25) is 0 Å². The van der Waals surface area contributed by atoms with Crippen molar-refractivity contribution in [2.24, 2.45) is 0 Å². The van der Waals surface area contributed by atoms with E-state index in [1.807, 2.05) is 18.2 Å². The Morgan fingerprint density at radius 1 is 1.15 bits per heavy atom. The van der Waals surface area contributed by atoms with Crippen LogP contribution in [0, 0.1) is 0 Å². The fourth-order valence-electron chi connectivity index (χ4n) is 1.97. The standard InChI is InChI=1S/C16H19N3O/c1-3-11-4-7-13(8-5-11)19-15-9-6-12(17)10-14(15)16(20)18-2/h4-10,19H,3,17H2,1-2H3,(H,18,20). The molecule has 2 aromatic carbocycles. The van der Waals surface area contributed by atoms with Crippen molar-refractivity contribution >= 4 is 23.0 Å². The van der Waals surface area contributed by atoms with Crippen LogP contribution in [0.3, 0.4) is 0 Å². The van der Waals surface area contributed by atoms with E-state index in [1.165, 1.54) is 5.56 Å². The summed E-state index contributed by atoms with van der Waals surface area (Å²) in [5.74, 6) is -0.162. The number of nitrogen functional groups attached to an aromatic ring is 1. The number of benzene rings is 2. The molecular formula is C16H19N3O. The smallest absolute Gasteiger partial charge is 0.253 e. The number of nitrogens with two attached hydrogens (primary N) is 1. The van der Waals surface area contributed by atoms with E-state index >= 15 is 0 Å². The van der Waals surface area contributed by atoms with Crippen LogP contribution in [0.5, 0.6) is 0 Å². The van der Waals surface area contributed by atoms with Gasteiger partial charge in [0.1, 0.15) is 0 Å². The molecule has 0 saturated heterocycles. The lowest BCUT2D eigenvalue weighted by Crippen LogP contribution is -2.19. The van der Waals surface area contributed by atoms with Gasteiger partial charge >= 0.3 is 0 Å². The van der Waals surface area contributed by atoms with Crippen molar-refractivity contribution in [1.29, 1.82) is 0 Å². The van der Waals surface area contributed by atoms with Crippen LogP contribution >= 0.6 is 0 Å². The highest BCUT2D eigenvalue weighted by Gasteiger charge is 2.10. The van der Waals surface area contributed by atoms with Crippen molar-refractivity contribution in [3.8, 4) is 0 Å². The number of rotatable bonds is 4. The van der Waals surface area contributed by atoms with E-state index in [0.717, 1.165) is 17.8 Å². The van der Waals surface area contributed by atoms with E-state index in [9.17, 15) is 4.79 Å². The summed E-state index contributed by atoms with van der Waals surface area (Å²) in [6.45, 7) is 2.12. The first-order valence-corrected chi connectivity index (χ1v) is 6.61. The lowest BCUT2D eigenvalue weighted by Gasteiger charge is -2.12. The Hall–Kier alpha value is -2.49. The molecule has 0 aromatic heterocycles. The van der Waals surface area contributed by atoms with Gasteiger partial charge < -0.3 is 16.4 Å². The Labute approximate surface area is 119 Å². The molecule has 0 bridgehead atoms. The molecule has 0 saturated carbocycles. The fraction of sp³-hybridized carbons (Fsp3) is 0.188. The fourth-order valence-corrected chi connectivity index (χ4v) is 1.97. The highest BCUT2D eigenvalue weighted by molar-refractivity contribution is 6.01. The molecule has 0 aliphatic carbocycles. The second-order valence-corrected chi connectivity index (χ2v) is 4.56. The molecule has 4 N–H and O–H groups in total. The molecule has 0 aliphatic heterocycles. The molecule has 0 radical (unpaired) electrons. The van der Waals surface area contributed by atoms with Crippen LogP contribution in [0.2, 0.25) is 0 Å². The molecule has 4 nitrogen and oxygen atoms in total. The van der Waals surface area contributed by atoms with Gasteiger partial charge in [0, 0.05) is 18.4 Å². The van der Waals surface area contributed by atoms with Crippen LogP contribution in [-0.4, -0.2) is 13.0 Å². The number of nitrogens with one attached hydrogen (secondary N) is 2. The lowest BCUT2D eigenvalue weighted by molar-refractivity contribution is 0.0964. The highest BCUT2D eigenvalue weighted by Crippen LogP contribution is 2.23. The minimum atomic E-state index is -0.162. The van der Waals surface area contributed by atoms with Gasteiger partial charge in [-0.1, -0.05) is 19.1 Å². The number of amides is 1. The average molecular weight is 269 g/mol. The van der Waals surface area contributed by atoms with E-state index in [2.05, 4.69) is 29.7 Å². The molecule has 20 heavy (non-hydrogen) atoms. The first kappa shape index (κ1) is 13.9. The highest BCUT2D eigenvalue weighted by atomic mass is 16.1. The first-order valence-electron chi connectivity index (χ1n) is 6.61. The summed E-state index contributed by atoms with van der Waals surface area (Å²) >= 11 is 0. The van der Waals surface area contributed by atoms with Gasteiger partial charge in [0.25, 0.3) is 5.91 Å². The van der Waals surface area contributed by atoms with Crippen LogP contribution in [0.1, 0.15) is 22.8 Å². The monoisotopic (exact) mass is 269 g/mol. The predicted molar refractivity (Wildman–Crippen MR) is 83.3 cm³/mol. The van der Waals surface area contributed by atoms with Crippen molar-refractivity contribution in [3.63, 3.8) is 0 Å². The second-order valence-electron chi connectivity index (χ2n) is 4.56. The van der Waals surface area contributed by atoms with E-state index in [0.29, 0.717) is 11.3 Å². The number of carbonyl (C=O) groups is 1. The average Bonchev–Trinajstić information content (AvgIpc) is 2.49. The molecule has 1 amide bonds. The summed E-state index contributed by atoms with van der Waals surface area (Å²) in [5, 5.41) is 5.87. The zero-order valence-electron chi connectivity index (χ0n) is 11.7. The molecule has 0 atom stereocenters. The third-order valence-electron chi connectivity index (χ3n) is 3.16. The lowest BCUT2D eigenvalue weighted by atomic mass is 10.1. The Balaban J connectivity index is 2.30. The van der Waals surface area contributed by atoms with Crippen molar-refractivity contribution in [2.45, 2.75) is 13.3 Å². The third kappa shape index (κ3) is 3.09. The van der Waals surface area contributed by atoms with Gasteiger partial charge in [-0.05, 0) is 42.3 Å². The largest absolute Gasteiger partial charge is 0.399 e.